The molecule has 0 radical (unpaired) electrons. The lowest BCUT2D eigenvalue weighted by molar-refractivity contribution is -0.655. The van der Waals surface area contributed by atoms with Crippen LogP contribution in [0.3, 0.4) is 0 Å². The normalized spacial score (nSPS) is 31.4. The van der Waals surface area contributed by atoms with Gasteiger partial charge in [-0.05, 0) is 67.6 Å². The summed E-state index contributed by atoms with van der Waals surface area (Å²) in [6.07, 6.45) is 8.98. The Bertz CT molecular complexity index is 899. The molecule has 5 rings (SSSR count). The molecule has 0 saturated heterocycles. The average molecular weight is 363 g/mol. The molecule has 2 nitrogen and oxygen atoms in total. The van der Waals surface area contributed by atoms with Gasteiger partial charge >= 0.3 is 0 Å². The molecule has 2 aromatic rings. The van der Waals surface area contributed by atoms with Gasteiger partial charge in [0.25, 0.3) is 5.52 Å². The predicted molar refractivity (Wildman–Crippen MR) is 110 cm³/mol. The highest BCUT2D eigenvalue weighted by Gasteiger charge is 2.55. The predicted octanol–water partition coefficient (Wildman–Crippen LogP) is 5.55. The summed E-state index contributed by atoms with van der Waals surface area (Å²) in [7, 11) is 2.26. The number of hydrogen-bond donors (Lipinski definition) is 0. The molecule has 2 saturated carbocycles. The van der Waals surface area contributed by atoms with Crippen molar-refractivity contribution in [3.8, 4) is 5.75 Å². The minimum absolute atomic E-state index is 0.716. The van der Waals surface area contributed by atoms with Gasteiger partial charge in [-0.3, -0.25) is 0 Å². The third-order valence-electron chi connectivity index (χ3n) is 7.45. The summed E-state index contributed by atoms with van der Waals surface area (Å²) >= 11 is 0. The fourth-order valence-corrected chi connectivity index (χ4v) is 6.24. The Kier molecular flexibility index (Phi) is 4.26. The molecule has 0 aliphatic heterocycles. The number of pyridine rings is 1. The fraction of sp³-hybridized carbons (Fsp3) is 0.560. The molecule has 5 unspecified atom stereocenters. The van der Waals surface area contributed by atoms with E-state index in [1.54, 1.807) is 5.57 Å². The third kappa shape index (κ3) is 2.71. The molecule has 3 aliphatic rings. The number of nitrogens with zero attached hydrogens (tertiary/aromatic N) is 1. The monoisotopic (exact) mass is 362 g/mol. The topological polar surface area (TPSA) is 13.1 Å². The van der Waals surface area contributed by atoms with E-state index in [1.165, 1.54) is 42.3 Å². The summed E-state index contributed by atoms with van der Waals surface area (Å²) in [6.45, 7) is 5.44. The number of fused-ring (bicyclic) bond motifs is 2. The van der Waals surface area contributed by atoms with E-state index in [0.29, 0.717) is 5.92 Å². The van der Waals surface area contributed by atoms with Crippen molar-refractivity contribution < 1.29 is 9.30 Å². The number of aryl methyl sites for hydroxylation is 1. The van der Waals surface area contributed by atoms with Crippen LogP contribution in [-0.2, 0) is 7.05 Å². The molecule has 3 aliphatic carbocycles. The second-order valence-corrected chi connectivity index (χ2v) is 9.16. The first-order valence-electron chi connectivity index (χ1n) is 10.9. The maximum Gasteiger partial charge on any atom is 0.254 e. The Morgan fingerprint density at radius 1 is 1.15 bits per heavy atom. The van der Waals surface area contributed by atoms with Crippen molar-refractivity contribution in [3.63, 3.8) is 0 Å². The number of rotatable bonds is 5. The number of allylic oxidation sites excluding steroid dienone is 2. The molecular formula is C25H32NO+. The number of unbranched alkanes of at least 4 members (excludes halogenated alkanes) is 1. The first-order chi connectivity index (χ1) is 13.2. The summed E-state index contributed by atoms with van der Waals surface area (Å²) < 4.78 is 8.65. The SMILES string of the molecule is CCCCOc1cccc2ccc(C3C4CC(C)C=C5CC3C5C4)[n+](C)c12. The van der Waals surface area contributed by atoms with Gasteiger partial charge in [0.05, 0.1) is 17.9 Å². The van der Waals surface area contributed by atoms with Gasteiger partial charge in [-0.15, -0.1) is 0 Å². The van der Waals surface area contributed by atoms with Crippen LogP contribution in [0.15, 0.2) is 42.0 Å². The van der Waals surface area contributed by atoms with Crippen molar-refractivity contribution in [2.75, 3.05) is 6.61 Å². The van der Waals surface area contributed by atoms with Gasteiger partial charge in [-0.25, -0.2) is 0 Å². The number of benzene rings is 1. The maximum atomic E-state index is 6.19. The number of aromatic nitrogens is 1. The highest BCUT2D eigenvalue weighted by Crippen LogP contribution is 2.62. The molecule has 27 heavy (non-hydrogen) atoms. The molecule has 2 bridgehead atoms. The van der Waals surface area contributed by atoms with Gasteiger partial charge in [0.15, 0.2) is 11.4 Å². The fourth-order valence-electron chi connectivity index (χ4n) is 6.24. The molecule has 0 spiro atoms. The van der Waals surface area contributed by atoms with E-state index in [2.05, 4.69) is 61.9 Å². The second kappa shape index (κ2) is 6.65. The minimum Gasteiger partial charge on any atom is -0.487 e. The molecular weight excluding hydrogens is 330 g/mol. The summed E-state index contributed by atoms with van der Waals surface area (Å²) in [5, 5.41) is 1.29. The number of hydrogen-bond acceptors (Lipinski definition) is 1. The first kappa shape index (κ1) is 17.3. The molecule has 0 N–H and O–H groups in total. The van der Waals surface area contributed by atoms with Crippen molar-refractivity contribution >= 4 is 10.9 Å². The van der Waals surface area contributed by atoms with E-state index < -0.39 is 0 Å². The summed E-state index contributed by atoms with van der Waals surface area (Å²) in [6, 6.07) is 11.2. The molecule has 5 atom stereocenters. The van der Waals surface area contributed by atoms with Crippen molar-refractivity contribution in [3.05, 3.63) is 47.7 Å². The van der Waals surface area contributed by atoms with Gasteiger partial charge < -0.3 is 4.74 Å². The van der Waals surface area contributed by atoms with Crippen LogP contribution in [0.4, 0.5) is 0 Å². The lowest BCUT2D eigenvalue weighted by Crippen LogP contribution is -2.41. The molecule has 2 heteroatoms. The van der Waals surface area contributed by atoms with Crippen LogP contribution in [-0.4, -0.2) is 6.61 Å². The van der Waals surface area contributed by atoms with Crippen LogP contribution in [0.2, 0.25) is 0 Å². The first-order valence-corrected chi connectivity index (χ1v) is 10.9. The Labute approximate surface area is 163 Å². The number of para-hydroxylation sites is 1. The molecule has 1 heterocycles. The smallest absolute Gasteiger partial charge is 0.254 e. The lowest BCUT2D eigenvalue weighted by atomic mass is 9.65. The quantitative estimate of drug-likeness (QED) is 0.386. The zero-order valence-electron chi connectivity index (χ0n) is 16.9. The number of ether oxygens (including phenoxy) is 1. The van der Waals surface area contributed by atoms with Gasteiger partial charge in [0.1, 0.15) is 7.05 Å². The van der Waals surface area contributed by atoms with Crippen LogP contribution in [0.25, 0.3) is 10.9 Å². The Morgan fingerprint density at radius 3 is 2.89 bits per heavy atom. The van der Waals surface area contributed by atoms with Crippen molar-refractivity contribution in [1.82, 2.24) is 0 Å². The Morgan fingerprint density at radius 2 is 2.04 bits per heavy atom. The summed E-state index contributed by atoms with van der Waals surface area (Å²) in [5.74, 6) is 5.09. The summed E-state index contributed by atoms with van der Waals surface area (Å²) in [4.78, 5) is 0. The molecule has 1 aromatic carbocycles. The zero-order chi connectivity index (χ0) is 18.5. The van der Waals surface area contributed by atoms with E-state index in [1.807, 2.05) is 0 Å². The van der Waals surface area contributed by atoms with Crippen molar-refractivity contribution in [1.29, 1.82) is 0 Å². The van der Waals surface area contributed by atoms with Crippen molar-refractivity contribution in [2.24, 2.45) is 30.7 Å². The van der Waals surface area contributed by atoms with Crippen molar-refractivity contribution in [2.45, 2.75) is 51.9 Å². The molecule has 142 valence electrons. The van der Waals surface area contributed by atoms with Gasteiger partial charge in [-0.2, -0.15) is 4.57 Å². The van der Waals surface area contributed by atoms with Gasteiger partial charge in [0, 0.05) is 6.07 Å². The van der Waals surface area contributed by atoms with Crippen LogP contribution in [0.1, 0.15) is 57.6 Å². The zero-order valence-corrected chi connectivity index (χ0v) is 16.9. The van der Waals surface area contributed by atoms with Gasteiger partial charge in [0.2, 0.25) is 0 Å². The Hall–Kier alpha value is -1.83. The van der Waals surface area contributed by atoms with Gasteiger partial charge in [-0.1, -0.05) is 38.0 Å². The second-order valence-electron chi connectivity index (χ2n) is 9.16. The van der Waals surface area contributed by atoms with E-state index in [4.69, 9.17) is 4.74 Å². The highest BCUT2D eigenvalue weighted by atomic mass is 16.5. The van der Waals surface area contributed by atoms with E-state index in [9.17, 15) is 0 Å². The molecule has 1 aromatic heterocycles. The third-order valence-corrected chi connectivity index (χ3v) is 7.45. The highest BCUT2D eigenvalue weighted by molar-refractivity contribution is 5.81. The van der Waals surface area contributed by atoms with Crippen LogP contribution in [0.5, 0.6) is 5.75 Å². The van der Waals surface area contributed by atoms with E-state index in [0.717, 1.165) is 42.4 Å². The average Bonchev–Trinajstić information content (AvgIpc) is 2.84. The van der Waals surface area contributed by atoms with E-state index in [-0.39, 0.29) is 0 Å². The standard InChI is InChI=1S/C25H32NO/c1-4-5-11-27-23-8-6-7-17-9-10-22(26(3)25(17)23)24-19-13-16(2)12-18-14-21(24)20(18)15-19/h6-10,12,16,19-21,24H,4-5,11,13-15H2,1-3H3/q+1. The van der Waals surface area contributed by atoms with E-state index >= 15 is 0 Å². The lowest BCUT2D eigenvalue weighted by Gasteiger charge is -2.39. The molecule has 2 fully saturated rings. The Balaban J connectivity index is 1.56. The maximum absolute atomic E-state index is 6.19. The van der Waals surface area contributed by atoms with Crippen LogP contribution in [0, 0.1) is 23.7 Å². The van der Waals surface area contributed by atoms with Crippen LogP contribution < -0.4 is 9.30 Å². The van der Waals surface area contributed by atoms with Crippen LogP contribution >= 0.6 is 0 Å². The largest absolute Gasteiger partial charge is 0.487 e. The minimum atomic E-state index is 0.716. The summed E-state index contributed by atoms with van der Waals surface area (Å²) in [5.41, 5.74) is 4.57. The molecule has 0 amide bonds.